The normalized spacial score (nSPS) is 14.0. The highest BCUT2D eigenvalue weighted by Crippen LogP contribution is 2.32. The van der Waals surface area contributed by atoms with Crippen LogP contribution in [0.5, 0.6) is 0 Å². The van der Waals surface area contributed by atoms with Gasteiger partial charge in [-0.1, -0.05) is 13.8 Å². The quantitative estimate of drug-likeness (QED) is 0.675. The molecule has 1 amide bonds. The molecule has 9 nitrogen and oxygen atoms in total. The molecule has 1 aliphatic rings. The fourth-order valence-electron chi connectivity index (χ4n) is 3.65. The van der Waals surface area contributed by atoms with Crippen molar-refractivity contribution in [2.75, 3.05) is 24.5 Å². The van der Waals surface area contributed by atoms with Gasteiger partial charge in [-0.05, 0) is 42.3 Å². The van der Waals surface area contributed by atoms with E-state index >= 15 is 0 Å². The molecule has 0 radical (unpaired) electrons. The van der Waals surface area contributed by atoms with Gasteiger partial charge in [-0.2, -0.15) is 9.40 Å². The van der Waals surface area contributed by atoms with Gasteiger partial charge < -0.3 is 4.90 Å². The maximum atomic E-state index is 13.0. The zero-order valence-corrected chi connectivity index (χ0v) is 16.9. The highest BCUT2D eigenvalue weighted by atomic mass is 32.2. The number of carbonyl (C=O) groups is 1. The van der Waals surface area contributed by atoms with Gasteiger partial charge in [0.25, 0.3) is 5.91 Å². The van der Waals surface area contributed by atoms with Gasteiger partial charge in [0, 0.05) is 31.5 Å². The van der Waals surface area contributed by atoms with Crippen molar-refractivity contribution < 1.29 is 13.2 Å². The summed E-state index contributed by atoms with van der Waals surface area (Å²) >= 11 is 0. The van der Waals surface area contributed by atoms with Crippen LogP contribution < -0.4 is 10.6 Å². The van der Waals surface area contributed by atoms with E-state index in [1.807, 2.05) is 0 Å². The van der Waals surface area contributed by atoms with Crippen LogP contribution in [0.3, 0.4) is 0 Å². The lowest BCUT2D eigenvalue weighted by Gasteiger charge is -2.20. The lowest BCUT2D eigenvalue weighted by atomic mass is 10.1. The Kier molecular flexibility index (Phi) is 4.75. The first-order valence-electron chi connectivity index (χ1n) is 9.38. The fourth-order valence-corrected chi connectivity index (χ4v) is 5.16. The SMILES string of the molecule is CCN(CC)S(=O)(=O)c1ccc2c(c1)CCN2C(=O)c1ccc2n[nH]c(=O)n2c1. The number of nitrogens with one attached hydrogen (secondary N) is 1. The molecule has 0 fully saturated rings. The van der Waals surface area contributed by atoms with Crippen molar-refractivity contribution in [3.63, 3.8) is 0 Å². The number of amides is 1. The number of fused-ring (bicyclic) bond motifs is 2. The van der Waals surface area contributed by atoms with Gasteiger partial charge in [0.2, 0.25) is 10.0 Å². The Morgan fingerprint density at radius 1 is 1.21 bits per heavy atom. The molecule has 4 rings (SSSR count). The number of anilines is 1. The number of benzene rings is 1. The van der Waals surface area contributed by atoms with Gasteiger partial charge in [0.1, 0.15) is 0 Å². The van der Waals surface area contributed by atoms with E-state index < -0.39 is 15.7 Å². The summed E-state index contributed by atoms with van der Waals surface area (Å²) in [6.45, 7) is 4.85. The highest BCUT2D eigenvalue weighted by molar-refractivity contribution is 7.89. The number of aromatic amines is 1. The van der Waals surface area contributed by atoms with Crippen molar-refractivity contribution in [2.24, 2.45) is 0 Å². The molecular weight excluding hydrogens is 394 g/mol. The lowest BCUT2D eigenvalue weighted by Crippen LogP contribution is -2.31. The molecule has 2 aromatic heterocycles. The fraction of sp³-hybridized carbons (Fsp3) is 0.316. The number of hydrogen-bond acceptors (Lipinski definition) is 5. The first-order valence-corrected chi connectivity index (χ1v) is 10.8. The molecule has 0 bridgehead atoms. The second kappa shape index (κ2) is 7.12. The predicted molar refractivity (Wildman–Crippen MR) is 108 cm³/mol. The molecule has 1 aliphatic heterocycles. The molecule has 0 unspecified atom stereocenters. The second-order valence-electron chi connectivity index (χ2n) is 6.76. The minimum atomic E-state index is -3.55. The third-order valence-corrected chi connectivity index (χ3v) is 7.24. The Labute approximate surface area is 167 Å². The minimum Gasteiger partial charge on any atom is -0.308 e. The third-order valence-electron chi connectivity index (χ3n) is 5.19. The molecule has 10 heteroatoms. The molecule has 0 spiro atoms. The molecule has 1 aromatic carbocycles. The van der Waals surface area contributed by atoms with Crippen molar-refractivity contribution >= 4 is 27.3 Å². The molecule has 0 aliphatic carbocycles. The van der Waals surface area contributed by atoms with Crippen LogP contribution in [-0.4, -0.2) is 52.9 Å². The number of nitrogens with zero attached hydrogens (tertiary/aromatic N) is 4. The summed E-state index contributed by atoms with van der Waals surface area (Å²) in [6.07, 6.45) is 2.03. The predicted octanol–water partition coefficient (Wildman–Crippen LogP) is 1.26. The maximum Gasteiger partial charge on any atom is 0.347 e. The van der Waals surface area contributed by atoms with Crippen LogP contribution in [0.25, 0.3) is 5.65 Å². The molecule has 152 valence electrons. The summed E-state index contributed by atoms with van der Waals surface area (Å²) in [4.78, 5) is 26.6. The Morgan fingerprint density at radius 2 is 1.97 bits per heavy atom. The maximum absolute atomic E-state index is 13.0. The minimum absolute atomic E-state index is 0.237. The summed E-state index contributed by atoms with van der Waals surface area (Å²) in [7, 11) is -3.55. The lowest BCUT2D eigenvalue weighted by molar-refractivity contribution is 0.0989. The Balaban J connectivity index is 1.67. The van der Waals surface area contributed by atoms with Gasteiger partial charge in [-0.15, -0.1) is 0 Å². The van der Waals surface area contributed by atoms with E-state index in [-0.39, 0.29) is 10.8 Å². The molecule has 0 saturated carbocycles. The van der Waals surface area contributed by atoms with Crippen LogP contribution in [0.15, 0.2) is 46.2 Å². The third kappa shape index (κ3) is 3.14. The standard InChI is InChI=1S/C19H21N5O4S/c1-3-22(4-2)29(27,28)15-6-7-16-13(11-15)9-10-23(16)18(25)14-5-8-17-20-21-19(26)24(17)12-14/h5-8,11-12H,3-4,9-10H2,1-2H3,(H,21,26). The van der Waals surface area contributed by atoms with Crippen LogP contribution in [0.4, 0.5) is 5.69 Å². The van der Waals surface area contributed by atoms with E-state index in [9.17, 15) is 18.0 Å². The van der Waals surface area contributed by atoms with Crippen molar-refractivity contribution in [2.45, 2.75) is 25.2 Å². The zero-order chi connectivity index (χ0) is 20.8. The van der Waals surface area contributed by atoms with Crippen LogP contribution >= 0.6 is 0 Å². The van der Waals surface area contributed by atoms with Crippen LogP contribution in [0.1, 0.15) is 29.8 Å². The topological polar surface area (TPSA) is 108 Å². The average molecular weight is 415 g/mol. The van der Waals surface area contributed by atoms with Gasteiger partial charge >= 0.3 is 5.69 Å². The summed E-state index contributed by atoms with van der Waals surface area (Å²) < 4.78 is 28.2. The van der Waals surface area contributed by atoms with Gasteiger partial charge in [0.15, 0.2) is 5.65 Å². The summed E-state index contributed by atoms with van der Waals surface area (Å²) in [5.41, 5.74) is 1.87. The van der Waals surface area contributed by atoms with Gasteiger partial charge in [0.05, 0.1) is 10.5 Å². The summed E-state index contributed by atoms with van der Waals surface area (Å²) in [5.74, 6) is -0.252. The van der Waals surface area contributed by atoms with E-state index in [0.29, 0.717) is 43.0 Å². The number of H-pyrrole nitrogens is 1. The Hall–Kier alpha value is -2.98. The Bertz CT molecular complexity index is 1260. The number of hydrogen-bond donors (Lipinski definition) is 1. The number of sulfonamides is 1. The summed E-state index contributed by atoms with van der Waals surface area (Å²) in [5, 5.41) is 6.19. The van der Waals surface area contributed by atoms with E-state index in [4.69, 9.17) is 0 Å². The van der Waals surface area contributed by atoms with Crippen molar-refractivity contribution in [1.29, 1.82) is 0 Å². The molecule has 29 heavy (non-hydrogen) atoms. The number of pyridine rings is 1. The molecule has 0 saturated heterocycles. The van der Waals surface area contributed by atoms with E-state index in [2.05, 4.69) is 10.2 Å². The first-order chi connectivity index (χ1) is 13.9. The van der Waals surface area contributed by atoms with E-state index in [0.717, 1.165) is 5.56 Å². The molecule has 3 heterocycles. The van der Waals surface area contributed by atoms with E-state index in [1.54, 1.807) is 49.1 Å². The van der Waals surface area contributed by atoms with Crippen molar-refractivity contribution in [3.05, 3.63) is 58.1 Å². The number of aromatic nitrogens is 3. The molecule has 3 aromatic rings. The van der Waals surface area contributed by atoms with Crippen LogP contribution in [0, 0.1) is 0 Å². The van der Waals surface area contributed by atoms with Crippen molar-refractivity contribution in [3.8, 4) is 0 Å². The number of rotatable bonds is 5. The smallest absolute Gasteiger partial charge is 0.308 e. The zero-order valence-electron chi connectivity index (χ0n) is 16.1. The number of carbonyl (C=O) groups excluding carboxylic acids is 1. The van der Waals surface area contributed by atoms with Crippen molar-refractivity contribution in [1.82, 2.24) is 18.9 Å². The monoisotopic (exact) mass is 415 g/mol. The van der Waals surface area contributed by atoms with Gasteiger partial charge in [-0.25, -0.2) is 22.7 Å². The van der Waals surface area contributed by atoms with Gasteiger partial charge in [-0.3, -0.25) is 4.79 Å². The molecule has 0 atom stereocenters. The van der Waals surface area contributed by atoms with E-state index in [1.165, 1.54) is 14.9 Å². The molecular formula is C19H21N5O4S. The largest absolute Gasteiger partial charge is 0.347 e. The molecule has 1 N–H and O–H groups in total. The first kappa shape index (κ1) is 19.3. The van der Waals surface area contributed by atoms with Crippen LogP contribution in [0.2, 0.25) is 0 Å². The second-order valence-corrected chi connectivity index (χ2v) is 8.70. The average Bonchev–Trinajstić information content (AvgIpc) is 3.31. The Morgan fingerprint density at radius 3 is 2.69 bits per heavy atom. The van der Waals surface area contributed by atoms with Crippen LogP contribution in [-0.2, 0) is 16.4 Å². The highest BCUT2D eigenvalue weighted by Gasteiger charge is 2.29. The summed E-state index contributed by atoms with van der Waals surface area (Å²) in [6, 6.07) is 8.10.